The topological polar surface area (TPSA) is 3.24 Å². The first-order valence-corrected chi connectivity index (χ1v) is 9.07. The fraction of sp³-hybridized carbons (Fsp3) is 1.00. The van der Waals surface area contributed by atoms with Crippen LogP contribution in [0.4, 0.5) is 0 Å². The van der Waals surface area contributed by atoms with Crippen LogP contribution >= 0.6 is 27.7 Å². The number of halogens is 1. The molecule has 0 aliphatic carbocycles. The zero-order valence-electron chi connectivity index (χ0n) is 10.4. The molecule has 1 aliphatic heterocycles. The van der Waals surface area contributed by atoms with E-state index in [1.165, 1.54) is 81.4 Å². The van der Waals surface area contributed by atoms with Gasteiger partial charge < -0.3 is 4.90 Å². The summed E-state index contributed by atoms with van der Waals surface area (Å²) in [6.07, 6.45) is 9.96. The van der Waals surface area contributed by atoms with Gasteiger partial charge in [-0.1, -0.05) is 48.0 Å². The highest BCUT2D eigenvalue weighted by molar-refractivity contribution is 9.09. The molecule has 0 saturated carbocycles. The minimum Gasteiger partial charge on any atom is -0.302 e. The number of hydrogen-bond acceptors (Lipinski definition) is 2. The molecule has 0 atom stereocenters. The highest BCUT2D eigenvalue weighted by atomic mass is 79.9. The van der Waals surface area contributed by atoms with Crippen LogP contribution in [0.1, 0.15) is 44.9 Å². The van der Waals surface area contributed by atoms with E-state index in [1.54, 1.807) is 0 Å². The summed E-state index contributed by atoms with van der Waals surface area (Å²) in [5.41, 5.74) is 0. The number of nitrogens with zero attached hydrogens (tertiary/aromatic N) is 1. The molecule has 0 aromatic heterocycles. The van der Waals surface area contributed by atoms with Crippen molar-refractivity contribution < 1.29 is 0 Å². The van der Waals surface area contributed by atoms with Crippen LogP contribution in [0, 0.1) is 0 Å². The van der Waals surface area contributed by atoms with Crippen LogP contribution < -0.4 is 0 Å². The molecule has 3 heteroatoms. The Morgan fingerprint density at radius 2 is 1.38 bits per heavy atom. The van der Waals surface area contributed by atoms with E-state index >= 15 is 0 Å². The van der Waals surface area contributed by atoms with Gasteiger partial charge in [-0.25, -0.2) is 0 Å². The van der Waals surface area contributed by atoms with Crippen molar-refractivity contribution in [2.24, 2.45) is 0 Å². The Bertz CT molecular complexity index is 149. The molecule has 0 bridgehead atoms. The lowest BCUT2D eigenvalue weighted by Gasteiger charge is -2.25. The Kier molecular flexibility index (Phi) is 10.1. The van der Waals surface area contributed by atoms with Gasteiger partial charge in [0.25, 0.3) is 0 Å². The Labute approximate surface area is 114 Å². The average Bonchev–Trinajstić information content (AvgIpc) is 2.34. The van der Waals surface area contributed by atoms with Gasteiger partial charge in [0, 0.05) is 29.9 Å². The van der Waals surface area contributed by atoms with Gasteiger partial charge in [-0.05, 0) is 19.4 Å². The number of unbranched alkanes of at least 4 members (excludes halogenated alkanes) is 6. The number of hydrogen-bond donors (Lipinski definition) is 0. The van der Waals surface area contributed by atoms with Crippen molar-refractivity contribution in [2.75, 3.05) is 36.5 Å². The quantitative estimate of drug-likeness (QED) is 0.465. The van der Waals surface area contributed by atoms with E-state index in [-0.39, 0.29) is 0 Å². The molecule has 0 radical (unpaired) electrons. The average molecular weight is 308 g/mol. The molecule has 1 heterocycles. The third-order valence-corrected chi connectivity index (χ3v) is 4.71. The van der Waals surface area contributed by atoms with Crippen molar-refractivity contribution in [3.63, 3.8) is 0 Å². The van der Waals surface area contributed by atoms with Crippen molar-refractivity contribution >= 4 is 27.7 Å². The Morgan fingerprint density at radius 3 is 2.00 bits per heavy atom. The summed E-state index contributed by atoms with van der Waals surface area (Å²) in [4.78, 5) is 2.64. The smallest absolute Gasteiger partial charge is 0.00727 e. The largest absolute Gasteiger partial charge is 0.302 e. The maximum Gasteiger partial charge on any atom is 0.00727 e. The lowest BCUT2D eigenvalue weighted by molar-refractivity contribution is 0.294. The lowest BCUT2D eigenvalue weighted by Crippen LogP contribution is -2.33. The van der Waals surface area contributed by atoms with Crippen LogP contribution in [-0.2, 0) is 0 Å². The number of rotatable bonds is 9. The minimum atomic E-state index is 1.18. The first-order chi connectivity index (χ1) is 7.93. The molecule has 0 amide bonds. The van der Waals surface area contributed by atoms with Crippen molar-refractivity contribution in [3.8, 4) is 0 Å². The highest BCUT2D eigenvalue weighted by Gasteiger charge is 2.08. The zero-order chi connectivity index (χ0) is 11.5. The molecule has 0 aromatic rings. The first-order valence-electron chi connectivity index (χ1n) is 6.79. The third kappa shape index (κ3) is 7.97. The minimum absolute atomic E-state index is 1.18. The molecule has 1 fully saturated rings. The monoisotopic (exact) mass is 307 g/mol. The van der Waals surface area contributed by atoms with E-state index in [2.05, 4.69) is 32.6 Å². The second kappa shape index (κ2) is 10.9. The van der Waals surface area contributed by atoms with Gasteiger partial charge in [0.05, 0.1) is 0 Å². The molecular weight excluding hydrogens is 282 g/mol. The van der Waals surface area contributed by atoms with Gasteiger partial charge in [-0.2, -0.15) is 11.8 Å². The Hall–Kier alpha value is 0.790. The van der Waals surface area contributed by atoms with Gasteiger partial charge >= 0.3 is 0 Å². The molecular formula is C13H26BrNS. The first kappa shape index (κ1) is 14.8. The van der Waals surface area contributed by atoms with E-state index in [0.717, 1.165) is 0 Å². The van der Waals surface area contributed by atoms with Crippen LogP contribution in [0.15, 0.2) is 0 Å². The van der Waals surface area contributed by atoms with Crippen LogP contribution in [0.3, 0.4) is 0 Å². The van der Waals surface area contributed by atoms with E-state index in [1.807, 2.05) is 0 Å². The van der Waals surface area contributed by atoms with Gasteiger partial charge in [-0.15, -0.1) is 0 Å². The molecule has 0 unspecified atom stereocenters. The summed E-state index contributed by atoms with van der Waals surface area (Å²) in [7, 11) is 0. The Morgan fingerprint density at radius 1 is 0.812 bits per heavy atom. The summed E-state index contributed by atoms with van der Waals surface area (Å²) in [5, 5.41) is 1.18. The predicted molar refractivity (Wildman–Crippen MR) is 79.9 cm³/mol. The molecule has 1 nitrogen and oxygen atoms in total. The standard InChI is InChI=1S/C13H26BrNS/c14-8-6-4-2-1-3-5-7-9-15-10-12-16-13-11-15/h1-13H2. The van der Waals surface area contributed by atoms with Crippen LogP contribution in [0.2, 0.25) is 0 Å². The summed E-state index contributed by atoms with van der Waals surface area (Å²) < 4.78 is 0. The summed E-state index contributed by atoms with van der Waals surface area (Å²) in [6.45, 7) is 4.01. The van der Waals surface area contributed by atoms with Crippen LogP contribution in [0.5, 0.6) is 0 Å². The second-order valence-corrected chi connectivity index (χ2v) is 6.64. The van der Waals surface area contributed by atoms with Gasteiger partial charge in [0.2, 0.25) is 0 Å². The van der Waals surface area contributed by atoms with E-state index in [4.69, 9.17) is 0 Å². The normalized spacial score (nSPS) is 17.8. The Balaban J connectivity index is 1.77. The summed E-state index contributed by atoms with van der Waals surface area (Å²) >= 11 is 5.59. The molecule has 1 aliphatic rings. The molecule has 0 aromatic carbocycles. The summed E-state index contributed by atoms with van der Waals surface area (Å²) in [6, 6.07) is 0. The predicted octanol–water partition coefficient (Wildman–Crippen LogP) is 4.16. The van der Waals surface area contributed by atoms with Crippen molar-refractivity contribution in [1.82, 2.24) is 4.90 Å². The molecule has 1 rings (SSSR count). The van der Waals surface area contributed by atoms with Crippen LogP contribution in [0.25, 0.3) is 0 Å². The van der Waals surface area contributed by atoms with Crippen molar-refractivity contribution in [3.05, 3.63) is 0 Å². The fourth-order valence-corrected chi connectivity index (χ4v) is 3.51. The zero-order valence-corrected chi connectivity index (χ0v) is 12.8. The van der Waals surface area contributed by atoms with Crippen LogP contribution in [-0.4, -0.2) is 41.4 Å². The maximum absolute atomic E-state index is 3.48. The van der Waals surface area contributed by atoms with Crippen molar-refractivity contribution in [2.45, 2.75) is 44.9 Å². The SMILES string of the molecule is BrCCCCCCCCCN1CCSCC1. The molecule has 96 valence electrons. The lowest BCUT2D eigenvalue weighted by atomic mass is 10.1. The van der Waals surface area contributed by atoms with Gasteiger partial charge in [-0.3, -0.25) is 0 Å². The highest BCUT2D eigenvalue weighted by Crippen LogP contribution is 2.12. The summed E-state index contributed by atoms with van der Waals surface area (Å²) in [5.74, 6) is 2.71. The maximum atomic E-state index is 3.48. The molecule has 0 spiro atoms. The van der Waals surface area contributed by atoms with E-state index in [9.17, 15) is 0 Å². The molecule has 0 N–H and O–H groups in total. The third-order valence-electron chi connectivity index (χ3n) is 3.21. The number of thioether (sulfide) groups is 1. The van der Waals surface area contributed by atoms with Gasteiger partial charge in [0.1, 0.15) is 0 Å². The van der Waals surface area contributed by atoms with Gasteiger partial charge in [0.15, 0.2) is 0 Å². The number of alkyl halides is 1. The molecule has 16 heavy (non-hydrogen) atoms. The van der Waals surface area contributed by atoms with E-state index in [0.29, 0.717) is 0 Å². The second-order valence-electron chi connectivity index (χ2n) is 4.62. The fourth-order valence-electron chi connectivity index (χ4n) is 2.14. The van der Waals surface area contributed by atoms with Crippen molar-refractivity contribution in [1.29, 1.82) is 0 Å². The van der Waals surface area contributed by atoms with E-state index < -0.39 is 0 Å². The molecule has 1 saturated heterocycles.